The first-order chi connectivity index (χ1) is 9.11. The zero-order chi connectivity index (χ0) is 15.5. The number of hydrogen-bond donors (Lipinski definition) is 1. The maximum Gasteiger partial charge on any atom is 0.411 e. The molecule has 0 aliphatic carbocycles. The van der Waals surface area contributed by atoms with E-state index in [1.54, 1.807) is 27.7 Å². The van der Waals surface area contributed by atoms with Crippen LogP contribution in [-0.2, 0) is 14.3 Å². The van der Waals surface area contributed by atoms with Gasteiger partial charge in [0.1, 0.15) is 11.6 Å². The molecular weight excluding hydrogens is 284 g/mol. The fraction of sp³-hybridized carbons (Fsp3) is 0.846. The Morgan fingerprint density at radius 3 is 2.50 bits per heavy atom. The third-order valence-electron chi connectivity index (χ3n) is 2.89. The van der Waals surface area contributed by atoms with E-state index in [2.05, 4.69) is 0 Å². The van der Waals surface area contributed by atoms with E-state index in [1.165, 1.54) is 4.90 Å². The van der Waals surface area contributed by atoms with Crippen molar-refractivity contribution in [1.82, 2.24) is 4.90 Å². The maximum atomic E-state index is 12.0. The second-order valence-electron chi connectivity index (χ2n) is 5.89. The average Bonchev–Trinajstić information content (AvgIpc) is 2.73. The maximum absolute atomic E-state index is 12.0. The molecule has 7 heteroatoms. The summed E-state index contributed by atoms with van der Waals surface area (Å²) in [5, 5.41) is 0. The number of halogens is 1. The Kier molecular flexibility index (Phi) is 5.65. The number of ether oxygens (including phenoxy) is 2. The summed E-state index contributed by atoms with van der Waals surface area (Å²) in [5.74, 6) is -0.513. The number of nitrogens with zero attached hydrogens (tertiary/aromatic N) is 1. The van der Waals surface area contributed by atoms with Crippen LogP contribution < -0.4 is 5.73 Å². The topological polar surface area (TPSA) is 81.9 Å². The van der Waals surface area contributed by atoms with Crippen LogP contribution in [-0.4, -0.2) is 46.8 Å². The van der Waals surface area contributed by atoms with Crippen LogP contribution in [0.3, 0.4) is 0 Å². The molecule has 0 aromatic carbocycles. The summed E-state index contributed by atoms with van der Waals surface area (Å²) in [7, 11) is 0. The zero-order valence-corrected chi connectivity index (χ0v) is 13.1. The highest BCUT2D eigenvalue weighted by molar-refractivity contribution is 6.19. The van der Waals surface area contributed by atoms with E-state index in [0.29, 0.717) is 13.0 Å². The summed E-state index contributed by atoms with van der Waals surface area (Å²) in [4.78, 5) is 25.3. The van der Waals surface area contributed by atoms with Crippen LogP contribution in [0.1, 0.15) is 40.5 Å². The number of nitrogens with two attached hydrogens (primary N) is 1. The standard InChI is InChI=1S/C13H23ClN2O4/c1-8(14)19-12(18)16-7-5-6-9(16)10(15)11(17)20-13(2,3)4/h8-10H,5-7,15H2,1-4H3/t8?,9?,10-/m0/s1. The Labute approximate surface area is 124 Å². The van der Waals surface area contributed by atoms with Crippen LogP contribution >= 0.6 is 11.6 Å². The van der Waals surface area contributed by atoms with E-state index < -0.39 is 35.3 Å². The Hall–Kier alpha value is -1.01. The Morgan fingerprint density at radius 2 is 2.00 bits per heavy atom. The van der Waals surface area contributed by atoms with Gasteiger partial charge in [0.15, 0.2) is 5.56 Å². The van der Waals surface area contributed by atoms with Crippen molar-refractivity contribution in [1.29, 1.82) is 0 Å². The second kappa shape index (κ2) is 6.63. The summed E-state index contributed by atoms with van der Waals surface area (Å²) in [6.07, 6.45) is 0.869. The van der Waals surface area contributed by atoms with Crippen LogP contribution in [0.25, 0.3) is 0 Å². The normalized spacial score (nSPS) is 22.3. The van der Waals surface area contributed by atoms with Gasteiger partial charge in [-0.25, -0.2) is 4.79 Å². The molecule has 1 heterocycles. The molecule has 1 rings (SSSR count). The highest BCUT2D eigenvalue weighted by atomic mass is 35.5. The molecule has 20 heavy (non-hydrogen) atoms. The molecule has 0 spiro atoms. The second-order valence-corrected chi connectivity index (χ2v) is 6.50. The van der Waals surface area contributed by atoms with Crippen molar-refractivity contribution < 1.29 is 19.1 Å². The van der Waals surface area contributed by atoms with Crippen molar-refractivity contribution in [2.45, 2.75) is 63.8 Å². The van der Waals surface area contributed by atoms with Gasteiger partial charge in [-0.1, -0.05) is 11.6 Å². The number of esters is 1. The van der Waals surface area contributed by atoms with Gasteiger partial charge in [-0.3, -0.25) is 4.79 Å². The van der Waals surface area contributed by atoms with Gasteiger partial charge in [0, 0.05) is 6.54 Å². The van der Waals surface area contributed by atoms with Crippen LogP contribution in [0.2, 0.25) is 0 Å². The Morgan fingerprint density at radius 1 is 1.40 bits per heavy atom. The molecule has 0 saturated carbocycles. The molecule has 1 saturated heterocycles. The lowest BCUT2D eigenvalue weighted by Gasteiger charge is -2.30. The van der Waals surface area contributed by atoms with Crippen molar-refractivity contribution in [3.8, 4) is 0 Å². The third kappa shape index (κ3) is 4.83. The minimum atomic E-state index is -0.880. The zero-order valence-electron chi connectivity index (χ0n) is 12.4. The van der Waals surface area contributed by atoms with Crippen molar-refractivity contribution in [2.75, 3.05) is 6.54 Å². The van der Waals surface area contributed by atoms with E-state index in [4.69, 9.17) is 26.8 Å². The Balaban J connectivity index is 2.68. The van der Waals surface area contributed by atoms with Crippen molar-refractivity contribution in [2.24, 2.45) is 5.73 Å². The number of likely N-dealkylation sites (tertiary alicyclic amines) is 1. The largest absolute Gasteiger partial charge is 0.459 e. The van der Waals surface area contributed by atoms with E-state index >= 15 is 0 Å². The molecule has 0 aromatic heterocycles. The first kappa shape index (κ1) is 17.0. The summed E-state index contributed by atoms with van der Waals surface area (Å²) >= 11 is 5.64. The van der Waals surface area contributed by atoms with E-state index in [1.807, 2.05) is 0 Å². The number of carbonyl (C=O) groups excluding carboxylic acids is 2. The van der Waals surface area contributed by atoms with E-state index in [0.717, 1.165) is 6.42 Å². The van der Waals surface area contributed by atoms with Crippen LogP contribution in [0.15, 0.2) is 0 Å². The predicted octanol–water partition coefficient (Wildman–Crippen LogP) is 1.84. The molecule has 1 fully saturated rings. The minimum absolute atomic E-state index is 0.409. The molecule has 1 aliphatic rings. The molecule has 1 aliphatic heterocycles. The van der Waals surface area contributed by atoms with Crippen molar-refractivity contribution in [3.05, 3.63) is 0 Å². The Bertz CT molecular complexity index is 368. The van der Waals surface area contributed by atoms with Crippen LogP contribution in [0.4, 0.5) is 4.79 Å². The van der Waals surface area contributed by atoms with Crippen molar-refractivity contribution in [3.63, 3.8) is 0 Å². The fourth-order valence-corrected chi connectivity index (χ4v) is 2.20. The fourth-order valence-electron chi connectivity index (χ4n) is 2.13. The number of carbonyl (C=O) groups is 2. The van der Waals surface area contributed by atoms with Crippen molar-refractivity contribution >= 4 is 23.7 Å². The van der Waals surface area contributed by atoms with Gasteiger partial charge in [-0.15, -0.1) is 0 Å². The van der Waals surface area contributed by atoms with Gasteiger partial charge in [0.2, 0.25) is 0 Å². The molecule has 1 amide bonds. The van der Waals surface area contributed by atoms with Gasteiger partial charge in [0.05, 0.1) is 6.04 Å². The first-order valence-corrected chi connectivity index (χ1v) is 7.15. The lowest BCUT2D eigenvalue weighted by molar-refractivity contribution is -0.157. The number of rotatable bonds is 3. The monoisotopic (exact) mass is 306 g/mol. The highest BCUT2D eigenvalue weighted by Gasteiger charge is 2.39. The minimum Gasteiger partial charge on any atom is -0.459 e. The number of amides is 1. The molecule has 0 bridgehead atoms. The van der Waals surface area contributed by atoms with Crippen LogP contribution in [0.5, 0.6) is 0 Å². The van der Waals surface area contributed by atoms with Gasteiger partial charge >= 0.3 is 12.1 Å². The molecule has 2 unspecified atom stereocenters. The molecule has 2 N–H and O–H groups in total. The number of hydrogen-bond acceptors (Lipinski definition) is 5. The first-order valence-electron chi connectivity index (χ1n) is 6.71. The third-order valence-corrected chi connectivity index (χ3v) is 2.98. The smallest absolute Gasteiger partial charge is 0.411 e. The summed E-state index contributed by atoms with van der Waals surface area (Å²) in [6.45, 7) is 7.37. The molecular formula is C13H23ClN2O4. The molecule has 0 aromatic rings. The lowest BCUT2D eigenvalue weighted by Crippen LogP contribution is -2.52. The predicted molar refractivity (Wildman–Crippen MR) is 75.3 cm³/mol. The molecule has 0 radical (unpaired) electrons. The molecule has 6 nitrogen and oxygen atoms in total. The summed E-state index contributed by atoms with van der Waals surface area (Å²) < 4.78 is 10.2. The van der Waals surface area contributed by atoms with Gasteiger partial charge < -0.3 is 20.1 Å². The van der Waals surface area contributed by atoms with Crippen LogP contribution in [0, 0.1) is 0 Å². The van der Waals surface area contributed by atoms with Gasteiger partial charge in [0.25, 0.3) is 0 Å². The molecule has 3 atom stereocenters. The lowest BCUT2D eigenvalue weighted by atomic mass is 10.1. The SMILES string of the molecule is CC(Cl)OC(=O)N1CCCC1[C@H](N)C(=O)OC(C)(C)C. The summed E-state index contributed by atoms with van der Waals surface area (Å²) in [6, 6.07) is -1.29. The number of alkyl halides is 1. The summed E-state index contributed by atoms with van der Waals surface area (Å²) in [5.41, 5.74) is 4.60. The van der Waals surface area contributed by atoms with E-state index in [-0.39, 0.29) is 0 Å². The quantitative estimate of drug-likeness (QED) is 0.635. The van der Waals surface area contributed by atoms with Gasteiger partial charge in [-0.2, -0.15) is 0 Å². The molecule has 116 valence electrons. The van der Waals surface area contributed by atoms with Gasteiger partial charge in [-0.05, 0) is 40.5 Å². The average molecular weight is 307 g/mol. The highest BCUT2D eigenvalue weighted by Crippen LogP contribution is 2.22. The van der Waals surface area contributed by atoms with E-state index in [9.17, 15) is 9.59 Å².